The second-order valence-electron chi connectivity index (χ2n) is 7.80. The summed E-state index contributed by atoms with van der Waals surface area (Å²) in [5, 5.41) is 0. The molecule has 0 aromatic heterocycles. The fourth-order valence-electron chi connectivity index (χ4n) is 2.94. The first-order valence-electron chi connectivity index (χ1n) is 12.6. The van der Waals surface area contributed by atoms with Gasteiger partial charge in [0, 0.05) is 0 Å². The lowest BCUT2D eigenvalue weighted by Crippen LogP contribution is -2.18. The quantitative estimate of drug-likeness (QED) is 0.153. The highest BCUT2D eigenvalue weighted by Crippen LogP contribution is 2.01. The van der Waals surface area contributed by atoms with Gasteiger partial charge in [0.2, 0.25) is 0 Å². The summed E-state index contributed by atoms with van der Waals surface area (Å²) in [6.07, 6.45) is 0. The average Bonchev–Trinajstić information content (AvgIpc) is 2.93. The van der Waals surface area contributed by atoms with Crippen molar-refractivity contribution in [3.63, 3.8) is 0 Å². The topological polar surface area (TPSA) is 90.9 Å². The van der Waals surface area contributed by atoms with E-state index in [-0.39, 0.29) is 13.2 Å². The van der Waals surface area contributed by atoms with Crippen molar-refractivity contribution in [3.05, 3.63) is 71.8 Å². The Labute approximate surface area is 219 Å². The van der Waals surface area contributed by atoms with Crippen molar-refractivity contribution in [3.8, 4) is 0 Å². The molecule has 0 N–H and O–H groups in total. The molecule has 9 nitrogen and oxygen atoms in total. The molecule has 0 saturated carbocycles. The third kappa shape index (κ3) is 18.5. The Morgan fingerprint density at radius 3 is 1.22 bits per heavy atom. The number of hydrogen-bond acceptors (Lipinski definition) is 9. The molecule has 0 fully saturated rings. The molecule has 2 aromatic carbocycles. The summed E-state index contributed by atoms with van der Waals surface area (Å²) >= 11 is 0. The lowest BCUT2D eigenvalue weighted by molar-refractivity contribution is -0.151. The van der Waals surface area contributed by atoms with Crippen molar-refractivity contribution >= 4 is 5.97 Å². The van der Waals surface area contributed by atoms with Gasteiger partial charge in [-0.3, -0.25) is 0 Å². The smallest absolute Gasteiger partial charge is 0.332 e. The molecule has 0 radical (unpaired) electrons. The van der Waals surface area contributed by atoms with Gasteiger partial charge in [-0.2, -0.15) is 0 Å². The zero-order valence-corrected chi connectivity index (χ0v) is 21.6. The van der Waals surface area contributed by atoms with Gasteiger partial charge in [-0.25, -0.2) is 4.79 Å². The van der Waals surface area contributed by atoms with Crippen molar-refractivity contribution in [1.29, 1.82) is 0 Å². The van der Waals surface area contributed by atoms with E-state index in [0.717, 1.165) is 11.1 Å². The average molecular weight is 521 g/mol. The molecule has 0 aliphatic rings. The Balaban J connectivity index is 1.22. The summed E-state index contributed by atoms with van der Waals surface area (Å²) < 4.78 is 43.0. The van der Waals surface area contributed by atoms with E-state index in [9.17, 15) is 4.79 Å². The maximum absolute atomic E-state index is 11.6. The van der Waals surface area contributed by atoms with Crippen LogP contribution in [0.3, 0.4) is 0 Å². The van der Waals surface area contributed by atoms with E-state index in [4.69, 9.17) is 37.9 Å². The highest BCUT2D eigenvalue weighted by atomic mass is 16.6. The molecule has 0 amide bonds. The standard InChI is InChI=1S/C28H40O9/c29-28(37-22-21-33-14-13-31-16-19-35-24-27-9-5-2-6-10-27)25-36-20-17-32-12-11-30-15-18-34-23-26-7-3-1-4-8-26/h1-10H,11-25H2. The van der Waals surface area contributed by atoms with Crippen LogP contribution in [0.4, 0.5) is 0 Å². The number of benzene rings is 2. The van der Waals surface area contributed by atoms with Gasteiger partial charge in [-0.1, -0.05) is 60.7 Å². The van der Waals surface area contributed by atoms with E-state index >= 15 is 0 Å². The Bertz CT molecular complexity index is 774. The molecule has 0 heterocycles. The Morgan fingerprint density at radius 2 is 0.784 bits per heavy atom. The lowest BCUT2D eigenvalue weighted by Gasteiger charge is -2.09. The Kier molecular flexibility index (Phi) is 19.0. The molecule has 9 heteroatoms. The number of ether oxygens (including phenoxy) is 8. The van der Waals surface area contributed by atoms with Crippen LogP contribution in [-0.2, 0) is 55.9 Å². The zero-order valence-electron chi connectivity index (χ0n) is 21.6. The monoisotopic (exact) mass is 520 g/mol. The first-order chi connectivity index (χ1) is 18.3. The second kappa shape index (κ2) is 22.8. The van der Waals surface area contributed by atoms with Crippen molar-refractivity contribution in [1.82, 2.24) is 0 Å². The van der Waals surface area contributed by atoms with Crippen LogP contribution < -0.4 is 0 Å². The minimum Gasteiger partial charge on any atom is -0.462 e. The zero-order chi connectivity index (χ0) is 26.1. The van der Waals surface area contributed by atoms with Crippen LogP contribution in [0.2, 0.25) is 0 Å². The highest BCUT2D eigenvalue weighted by Gasteiger charge is 2.03. The minimum absolute atomic E-state index is 0.120. The van der Waals surface area contributed by atoms with Gasteiger partial charge in [0.15, 0.2) is 0 Å². The highest BCUT2D eigenvalue weighted by molar-refractivity contribution is 5.70. The maximum atomic E-state index is 11.6. The van der Waals surface area contributed by atoms with E-state index in [2.05, 4.69) is 0 Å². The number of rotatable bonds is 24. The first kappa shape index (κ1) is 30.9. The van der Waals surface area contributed by atoms with Gasteiger partial charge in [-0.15, -0.1) is 0 Å². The third-order valence-electron chi connectivity index (χ3n) is 4.79. The molecule has 0 unspecified atom stereocenters. The van der Waals surface area contributed by atoms with E-state index in [1.807, 2.05) is 60.7 Å². The van der Waals surface area contributed by atoms with Crippen LogP contribution in [0.1, 0.15) is 11.1 Å². The summed E-state index contributed by atoms with van der Waals surface area (Å²) in [6.45, 7) is 6.07. The Morgan fingerprint density at radius 1 is 0.432 bits per heavy atom. The van der Waals surface area contributed by atoms with Crippen LogP contribution >= 0.6 is 0 Å². The number of carbonyl (C=O) groups excluding carboxylic acids is 1. The lowest BCUT2D eigenvalue weighted by atomic mass is 10.2. The summed E-state index contributed by atoms with van der Waals surface area (Å²) in [6, 6.07) is 20.0. The second-order valence-corrected chi connectivity index (χ2v) is 7.80. The molecule has 0 spiro atoms. The molecule has 2 aromatic rings. The predicted octanol–water partition coefficient (Wildman–Crippen LogP) is 3.05. The van der Waals surface area contributed by atoms with Gasteiger partial charge >= 0.3 is 5.97 Å². The third-order valence-corrected chi connectivity index (χ3v) is 4.79. The molecule has 0 saturated heterocycles. The van der Waals surface area contributed by atoms with Gasteiger partial charge in [0.1, 0.15) is 13.2 Å². The van der Waals surface area contributed by atoms with Gasteiger partial charge in [-0.05, 0) is 11.1 Å². The molecular weight excluding hydrogens is 480 g/mol. The van der Waals surface area contributed by atoms with Crippen LogP contribution in [0.15, 0.2) is 60.7 Å². The van der Waals surface area contributed by atoms with Crippen molar-refractivity contribution in [2.45, 2.75) is 13.2 Å². The summed E-state index contributed by atoms with van der Waals surface area (Å²) in [5.41, 5.74) is 2.28. The maximum Gasteiger partial charge on any atom is 0.332 e. The minimum atomic E-state index is -0.436. The fraction of sp³-hybridized carbons (Fsp3) is 0.536. The molecular formula is C28H40O9. The molecule has 0 aliphatic heterocycles. The van der Waals surface area contributed by atoms with Gasteiger partial charge in [0.05, 0.1) is 85.9 Å². The van der Waals surface area contributed by atoms with E-state index in [1.54, 1.807) is 0 Å². The fourth-order valence-corrected chi connectivity index (χ4v) is 2.94. The van der Waals surface area contributed by atoms with Crippen molar-refractivity contribution in [2.24, 2.45) is 0 Å². The molecule has 0 aliphatic carbocycles. The number of hydrogen-bond donors (Lipinski definition) is 0. The van der Waals surface area contributed by atoms with E-state index in [0.29, 0.717) is 85.9 Å². The summed E-state index contributed by atoms with van der Waals surface area (Å²) in [4.78, 5) is 11.6. The van der Waals surface area contributed by atoms with Crippen LogP contribution in [0.25, 0.3) is 0 Å². The van der Waals surface area contributed by atoms with Crippen LogP contribution in [-0.4, -0.2) is 91.9 Å². The molecule has 37 heavy (non-hydrogen) atoms. The SMILES string of the molecule is O=C(COCCOCCOCCOCc1ccccc1)OCCOCCOCCOCc1ccccc1. The summed E-state index contributed by atoms with van der Waals surface area (Å²) in [7, 11) is 0. The summed E-state index contributed by atoms with van der Waals surface area (Å²) in [5.74, 6) is -0.436. The van der Waals surface area contributed by atoms with Crippen LogP contribution in [0, 0.1) is 0 Å². The van der Waals surface area contributed by atoms with E-state index < -0.39 is 5.97 Å². The molecule has 0 atom stereocenters. The van der Waals surface area contributed by atoms with Crippen LogP contribution in [0.5, 0.6) is 0 Å². The van der Waals surface area contributed by atoms with Crippen molar-refractivity contribution in [2.75, 3.05) is 85.9 Å². The Hall–Kier alpha value is -2.37. The molecule has 0 bridgehead atoms. The van der Waals surface area contributed by atoms with Crippen molar-refractivity contribution < 1.29 is 42.7 Å². The van der Waals surface area contributed by atoms with Gasteiger partial charge < -0.3 is 37.9 Å². The molecule has 206 valence electrons. The van der Waals surface area contributed by atoms with Gasteiger partial charge in [0.25, 0.3) is 0 Å². The van der Waals surface area contributed by atoms with E-state index in [1.165, 1.54) is 0 Å². The molecule has 2 rings (SSSR count). The normalized spacial score (nSPS) is 11.0. The first-order valence-corrected chi connectivity index (χ1v) is 12.6. The largest absolute Gasteiger partial charge is 0.462 e. The number of esters is 1. The number of carbonyl (C=O) groups is 1. The predicted molar refractivity (Wildman–Crippen MR) is 137 cm³/mol.